The lowest BCUT2D eigenvalue weighted by Crippen LogP contribution is -2.06. The van der Waals surface area contributed by atoms with E-state index in [1.165, 1.54) is 5.56 Å². The van der Waals surface area contributed by atoms with Gasteiger partial charge in [-0.15, -0.1) is 11.6 Å². The van der Waals surface area contributed by atoms with Gasteiger partial charge in [0.1, 0.15) is 0 Å². The smallest absolute Gasteiger partial charge is 0.0960 e. The largest absolute Gasteiger partial charge is 0.387 e. The van der Waals surface area contributed by atoms with E-state index in [0.717, 1.165) is 17.0 Å². The van der Waals surface area contributed by atoms with Crippen molar-refractivity contribution in [3.8, 4) is 0 Å². The number of hydrogen-bond donors (Lipinski definition) is 1. The average Bonchev–Trinajstić information content (AvgIpc) is 2.65. The number of aliphatic hydroxyl groups is 1. The monoisotopic (exact) mass is 264 g/mol. The van der Waals surface area contributed by atoms with Crippen molar-refractivity contribution in [2.45, 2.75) is 26.5 Å². The molecule has 0 radical (unpaired) electrons. The summed E-state index contributed by atoms with van der Waals surface area (Å²) in [5.74, 6) is 0.193. The maximum absolute atomic E-state index is 9.89. The van der Waals surface area contributed by atoms with Crippen LogP contribution >= 0.6 is 11.6 Å². The Bertz CT molecular complexity index is 522. The molecule has 1 aromatic carbocycles. The van der Waals surface area contributed by atoms with Gasteiger partial charge < -0.3 is 5.11 Å². The van der Waals surface area contributed by atoms with Crippen LogP contribution in [0.2, 0.25) is 0 Å². The quantitative estimate of drug-likeness (QED) is 0.863. The third-order valence-corrected chi connectivity index (χ3v) is 3.38. The maximum atomic E-state index is 9.89. The van der Waals surface area contributed by atoms with Crippen molar-refractivity contribution in [3.63, 3.8) is 0 Å². The molecule has 4 heteroatoms. The number of benzene rings is 1. The molecule has 0 saturated carbocycles. The Kier molecular flexibility index (Phi) is 4.04. The van der Waals surface area contributed by atoms with Crippen LogP contribution in [0.3, 0.4) is 0 Å². The van der Waals surface area contributed by atoms with Gasteiger partial charge >= 0.3 is 0 Å². The van der Waals surface area contributed by atoms with Crippen LogP contribution in [0, 0.1) is 13.8 Å². The number of hydrogen-bond acceptors (Lipinski definition) is 2. The Morgan fingerprint density at radius 1 is 1.28 bits per heavy atom. The highest BCUT2D eigenvalue weighted by Crippen LogP contribution is 2.23. The number of nitrogens with zero attached hydrogens (tertiary/aromatic N) is 2. The third-order valence-electron chi connectivity index (χ3n) is 3.09. The molecule has 1 atom stereocenters. The highest BCUT2D eigenvalue weighted by molar-refractivity contribution is 6.18. The summed E-state index contributed by atoms with van der Waals surface area (Å²) in [5, 5.41) is 14.4. The molecule has 0 saturated heterocycles. The van der Waals surface area contributed by atoms with Crippen molar-refractivity contribution in [2.24, 2.45) is 0 Å². The van der Waals surface area contributed by atoms with Crippen LogP contribution in [-0.2, 0) is 6.54 Å². The lowest BCUT2D eigenvalue weighted by Gasteiger charge is -2.08. The van der Waals surface area contributed by atoms with Crippen molar-refractivity contribution in [3.05, 3.63) is 52.8 Å². The second kappa shape index (κ2) is 5.55. The molecule has 1 N–H and O–H groups in total. The van der Waals surface area contributed by atoms with E-state index in [-0.39, 0.29) is 5.88 Å². The molecule has 3 nitrogen and oxygen atoms in total. The zero-order chi connectivity index (χ0) is 13.1. The normalized spacial score (nSPS) is 12.7. The minimum atomic E-state index is -0.642. The topological polar surface area (TPSA) is 38.0 Å². The van der Waals surface area contributed by atoms with Crippen molar-refractivity contribution in [1.82, 2.24) is 9.78 Å². The van der Waals surface area contributed by atoms with Gasteiger partial charge in [-0.25, -0.2) is 0 Å². The lowest BCUT2D eigenvalue weighted by molar-refractivity contribution is 0.201. The predicted molar refractivity (Wildman–Crippen MR) is 72.9 cm³/mol. The van der Waals surface area contributed by atoms with Crippen LogP contribution in [0.5, 0.6) is 0 Å². The van der Waals surface area contributed by atoms with E-state index in [1.807, 2.05) is 36.7 Å². The SMILES string of the molecule is Cc1nn(Cc2ccccc2)c(C)c1C(O)CCl. The zero-order valence-electron chi connectivity index (χ0n) is 10.6. The summed E-state index contributed by atoms with van der Waals surface area (Å²) in [6.45, 7) is 4.58. The van der Waals surface area contributed by atoms with E-state index in [0.29, 0.717) is 6.54 Å². The average molecular weight is 265 g/mol. The van der Waals surface area contributed by atoms with Gasteiger partial charge in [0.2, 0.25) is 0 Å². The van der Waals surface area contributed by atoms with Crippen LogP contribution in [0.1, 0.15) is 28.6 Å². The molecule has 0 amide bonds. The molecule has 1 unspecified atom stereocenters. The van der Waals surface area contributed by atoms with Gasteiger partial charge in [-0.05, 0) is 19.4 Å². The molecule has 2 rings (SSSR count). The first kappa shape index (κ1) is 13.1. The highest BCUT2D eigenvalue weighted by atomic mass is 35.5. The van der Waals surface area contributed by atoms with Crippen molar-refractivity contribution in [2.75, 3.05) is 5.88 Å². The Morgan fingerprint density at radius 3 is 2.56 bits per heavy atom. The molecular weight excluding hydrogens is 248 g/mol. The standard InChI is InChI=1S/C14H17ClN2O/c1-10-14(13(18)8-15)11(2)17(16-10)9-12-6-4-3-5-7-12/h3-7,13,18H,8-9H2,1-2H3. The fraction of sp³-hybridized carbons (Fsp3) is 0.357. The van der Waals surface area contributed by atoms with Crippen molar-refractivity contribution < 1.29 is 5.11 Å². The number of rotatable bonds is 4. The van der Waals surface area contributed by atoms with Crippen LogP contribution in [0.15, 0.2) is 30.3 Å². The summed E-state index contributed by atoms with van der Waals surface area (Å²) in [5.41, 5.74) is 3.86. The molecule has 0 aliphatic carbocycles. The first-order chi connectivity index (χ1) is 8.63. The van der Waals surface area contributed by atoms with Gasteiger partial charge in [-0.2, -0.15) is 5.10 Å². The molecule has 2 aromatic rings. The molecule has 0 spiro atoms. The molecule has 96 valence electrons. The summed E-state index contributed by atoms with van der Waals surface area (Å²) in [6.07, 6.45) is -0.642. The minimum absolute atomic E-state index is 0.193. The summed E-state index contributed by atoms with van der Waals surface area (Å²) >= 11 is 5.71. The van der Waals surface area contributed by atoms with Crippen LogP contribution < -0.4 is 0 Å². The number of aliphatic hydroxyl groups excluding tert-OH is 1. The fourth-order valence-electron chi connectivity index (χ4n) is 2.18. The highest BCUT2D eigenvalue weighted by Gasteiger charge is 2.18. The van der Waals surface area contributed by atoms with E-state index in [1.54, 1.807) is 0 Å². The third kappa shape index (κ3) is 2.57. The Morgan fingerprint density at radius 2 is 1.94 bits per heavy atom. The summed E-state index contributed by atoms with van der Waals surface area (Å²) < 4.78 is 1.91. The second-order valence-electron chi connectivity index (χ2n) is 4.40. The van der Waals surface area contributed by atoms with Crippen molar-refractivity contribution in [1.29, 1.82) is 0 Å². The van der Waals surface area contributed by atoms with Gasteiger partial charge in [-0.1, -0.05) is 30.3 Å². The van der Waals surface area contributed by atoms with E-state index in [9.17, 15) is 5.11 Å². The Labute approximate surface area is 112 Å². The van der Waals surface area contributed by atoms with Crippen molar-refractivity contribution >= 4 is 11.6 Å². The number of aromatic nitrogens is 2. The molecule has 0 aliphatic rings. The van der Waals surface area contributed by atoms with E-state index in [4.69, 9.17) is 11.6 Å². The summed E-state index contributed by atoms with van der Waals surface area (Å²) in [4.78, 5) is 0. The first-order valence-electron chi connectivity index (χ1n) is 5.95. The van der Waals surface area contributed by atoms with Gasteiger partial charge in [0.15, 0.2) is 0 Å². The van der Waals surface area contributed by atoms with Gasteiger partial charge in [0.25, 0.3) is 0 Å². The zero-order valence-corrected chi connectivity index (χ0v) is 11.4. The first-order valence-corrected chi connectivity index (χ1v) is 6.48. The minimum Gasteiger partial charge on any atom is -0.387 e. The molecule has 18 heavy (non-hydrogen) atoms. The molecule has 1 heterocycles. The van der Waals surface area contributed by atoms with Gasteiger partial charge in [-0.3, -0.25) is 4.68 Å². The molecule has 1 aromatic heterocycles. The Hall–Kier alpha value is -1.32. The maximum Gasteiger partial charge on any atom is 0.0960 e. The number of alkyl halides is 1. The van der Waals surface area contributed by atoms with E-state index in [2.05, 4.69) is 17.2 Å². The van der Waals surface area contributed by atoms with Gasteiger partial charge in [0.05, 0.1) is 24.2 Å². The second-order valence-corrected chi connectivity index (χ2v) is 4.71. The predicted octanol–water partition coefficient (Wildman–Crippen LogP) is 2.82. The number of aryl methyl sites for hydroxylation is 1. The van der Waals surface area contributed by atoms with E-state index < -0.39 is 6.10 Å². The number of halogens is 1. The lowest BCUT2D eigenvalue weighted by atomic mass is 10.1. The van der Waals surface area contributed by atoms with Crippen LogP contribution in [0.25, 0.3) is 0 Å². The molecule has 0 aliphatic heterocycles. The Balaban J connectivity index is 2.30. The molecular formula is C14H17ClN2O. The molecule has 0 bridgehead atoms. The molecule has 0 fully saturated rings. The fourth-order valence-corrected chi connectivity index (χ4v) is 2.33. The summed E-state index contributed by atoms with van der Waals surface area (Å²) in [7, 11) is 0. The summed E-state index contributed by atoms with van der Waals surface area (Å²) in [6, 6.07) is 10.1. The van der Waals surface area contributed by atoms with Gasteiger partial charge in [0, 0.05) is 11.3 Å². The van der Waals surface area contributed by atoms with Crippen LogP contribution in [0.4, 0.5) is 0 Å². The van der Waals surface area contributed by atoms with Crippen LogP contribution in [-0.4, -0.2) is 20.8 Å². The van der Waals surface area contributed by atoms with E-state index >= 15 is 0 Å².